The van der Waals surface area contributed by atoms with Crippen molar-refractivity contribution in [1.82, 2.24) is 14.5 Å². The molecule has 2 fully saturated rings. The third kappa shape index (κ3) is 3.39. The number of nitrogens with one attached hydrogen (secondary N) is 1. The van der Waals surface area contributed by atoms with Crippen molar-refractivity contribution in [3.05, 3.63) is 29.6 Å². The molecule has 1 aromatic carbocycles. The van der Waals surface area contributed by atoms with Gasteiger partial charge in [0.15, 0.2) is 0 Å². The van der Waals surface area contributed by atoms with E-state index in [9.17, 15) is 9.90 Å². The zero-order chi connectivity index (χ0) is 17.3. The second-order valence-electron chi connectivity index (χ2n) is 7.04. The Balaban J connectivity index is 1.39. The largest absolute Gasteiger partial charge is 0.389 e. The van der Waals surface area contributed by atoms with Crippen LogP contribution < -0.4 is 5.32 Å². The van der Waals surface area contributed by atoms with Gasteiger partial charge in [0.05, 0.1) is 5.60 Å². The van der Waals surface area contributed by atoms with Crippen molar-refractivity contribution in [3.63, 3.8) is 0 Å². The highest BCUT2D eigenvalue weighted by molar-refractivity contribution is 7.03. The standard InChI is InChI=1S/C18H22N4O2S/c23-17(22-10-9-18(24)8-2-1-3-14(18)11-22)19-15-6-4-13(5-7-15)16-12-25-21-20-16/h4-7,12,14,24H,1-3,8-11H2,(H,19,23)/t14-,18+/m0/s1. The number of rotatable bonds is 2. The van der Waals surface area contributed by atoms with Crippen LogP contribution in [0.5, 0.6) is 0 Å². The minimum Gasteiger partial charge on any atom is -0.389 e. The van der Waals surface area contributed by atoms with E-state index in [1.54, 1.807) is 0 Å². The summed E-state index contributed by atoms with van der Waals surface area (Å²) in [5.41, 5.74) is 2.03. The highest BCUT2D eigenvalue weighted by atomic mass is 32.1. The number of carbonyl (C=O) groups excluding carboxylic acids is 1. The Kier molecular flexibility index (Phi) is 4.43. The van der Waals surface area contributed by atoms with Crippen LogP contribution in [0.2, 0.25) is 0 Å². The van der Waals surface area contributed by atoms with Gasteiger partial charge in [-0.3, -0.25) is 0 Å². The Morgan fingerprint density at radius 1 is 1.28 bits per heavy atom. The van der Waals surface area contributed by atoms with Crippen molar-refractivity contribution < 1.29 is 9.90 Å². The van der Waals surface area contributed by atoms with Gasteiger partial charge in [-0.1, -0.05) is 29.5 Å². The number of piperidine rings is 1. The van der Waals surface area contributed by atoms with Crippen LogP contribution in [0.15, 0.2) is 29.6 Å². The Labute approximate surface area is 151 Å². The van der Waals surface area contributed by atoms with Gasteiger partial charge in [0.2, 0.25) is 0 Å². The molecule has 0 unspecified atom stereocenters. The van der Waals surface area contributed by atoms with E-state index in [1.165, 1.54) is 11.5 Å². The summed E-state index contributed by atoms with van der Waals surface area (Å²) in [5, 5.41) is 19.6. The Hall–Kier alpha value is -1.99. The number of likely N-dealkylation sites (tertiary alicyclic amines) is 1. The fourth-order valence-electron chi connectivity index (χ4n) is 3.97. The number of carbonyl (C=O) groups is 1. The van der Waals surface area contributed by atoms with E-state index in [2.05, 4.69) is 14.9 Å². The third-order valence-corrected chi connectivity index (χ3v) is 6.01. The lowest BCUT2D eigenvalue weighted by atomic mass is 9.71. The number of aliphatic hydroxyl groups is 1. The normalized spacial score (nSPS) is 26.1. The average Bonchev–Trinajstić information content (AvgIpc) is 3.16. The minimum atomic E-state index is -0.557. The zero-order valence-electron chi connectivity index (χ0n) is 14.0. The smallest absolute Gasteiger partial charge is 0.321 e. The highest BCUT2D eigenvalue weighted by Crippen LogP contribution is 2.39. The van der Waals surface area contributed by atoms with Crippen LogP contribution in [0.25, 0.3) is 11.3 Å². The van der Waals surface area contributed by atoms with E-state index in [-0.39, 0.29) is 11.9 Å². The van der Waals surface area contributed by atoms with Gasteiger partial charge in [-0.2, -0.15) is 0 Å². The van der Waals surface area contributed by atoms with Crippen molar-refractivity contribution in [2.45, 2.75) is 37.7 Å². The summed E-state index contributed by atoms with van der Waals surface area (Å²) in [4.78, 5) is 14.4. The SMILES string of the molecule is O=C(Nc1ccc(-c2csnn2)cc1)N1CC[C@]2(O)CCCC[C@H]2C1. The molecule has 2 N–H and O–H groups in total. The maximum atomic E-state index is 12.6. The molecular weight excluding hydrogens is 336 g/mol. The number of fused-ring (bicyclic) bond motifs is 1. The topological polar surface area (TPSA) is 78.4 Å². The first kappa shape index (κ1) is 16.5. The maximum Gasteiger partial charge on any atom is 0.321 e. The molecule has 1 aromatic heterocycles. The molecule has 2 amide bonds. The van der Waals surface area contributed by atoms with Crippen molar-refractivity contribution in [2.75, 3.05) is 18.4 Å². The summed E-state index contributed by atoms with van der Waals surface area (Å²) in [6, 6.07) is 7.54. The van der Waals surface area contributed by atoms with Gasteiger partial charge in [0.1, 0.15) is 5.69 Å². The zero-order valence-corrected chi connectivity index (χ0v) is 14.8. The van der Waals surface area contributed by atoms with Crippen LogP contribution in [0.4, 0.5) is 10.5 Å². The molecule has 1 saturated heterocycles. The Bertz CT molecular complexity index is 734. The lowest BCUT2D eigenvalue weighted by molar-refractivity contribution is -0.0863. The summed E-state index contributed by atoms with van der Waals surface area (Å²) < 4.78 is 3.86. The molecule has 4 rings (SSSR count). The minimum absolute atomic E-state index is 0.0873. The molecular formula is C18H22N4O2S. The van der Waals surface area contributed by atoms with E-state index in [0.29, 0.717) is 19.5 Å². The summed E-state index contributed by atoms with van der Waals surface area (Å²) in [5.74, 6) is 0.209. The molecule has 6 nitrogen and oxygen atoms in total. The molecule has 2 atom stereocenters. The van der Waals surface area contributed by atoms with Gasteiger partial charge >= 0.3 is 6.03 Å². The summed E-state index contributed by atoms with van der Waals surface area (Å²) in [6.45, 7) is 1.26. The molecule has 0 spiro atoms. The van der Waals surface area contributed by atoms with E-state index < -0.39 is 5.60 Å². The molecule has 0 bridgehead atoms. The molecule has 2 heterocycles. The predicted molar refractivity (Wildman–Crippen MR) is 97.5 cm³/mol. The number of hydrogen-bond acceptors (Lipinski definition) is 5. The molecule has 1 aliphatic heterocycles. The maximum absolute atomic E-state index is 12.6. The first-order valence-corrected chi connectivity index (χ1v) is 9.63. The summed E-state index contributed by atoms with van der Waals surface area (Å²) in [6.07, 6.45) is 4.81. The molecule has 0 radical (unpaired) electrons. The van der Waals surface area contributed by atoms with E-state index >= 15 is 0 Å². The fourth-order valence-corrected chi connectivity index (χ4v) is 4.44. The monoisotopic (exact) mass is 358 g/mol. The quantitative estimate of drug-likeness (QED) is 0.863. The molecule has 7 heteroatoms. The third-order valence-electron chi connectivity index (χ3n) is 5.51. The van der Waals surface area contributed by atoms with Crippen LogP contribution in [0.3, 0.4) is 0 Å². The van der Waals surface area contributed by atoms with Gasteiger partial charge in [-0.05, 0) is 42.9 Å². The van der Waals surface area contributed by atoms with Crippen LogP contribution in [0, 0.1) is 5.92 Å². The molecule has 2 aromatic rings. The summed E-state index contributed by atoms with van der Waals surface area (Å²) in [7, 11) is 0. The van der Waals surface area contributed by atoms with Crippen LogP contribution in [0.1, 0.15) is 32.1 Å². The van der Waals surface area contributed by atoms with Gasteiger partial charge in [0, 0.05) is 35.6 Å². The second kappa shape index (κ2) is 6.72. The second-order valence-corrected chi connectivity index (χ2v) is 7.65. The Morgan fingerprint density at radius 3 is 2.88 bits per heavy atom. The molecule has 25 heavy (non-hydrogen) atoms. The van der Waals surface area contributed by atoms with Gasteiger partial charge in [0.25, 0.3) is 0 Å². The Morgan fingerprint density at radius 2 is 2.12 bits per heavy atom. The lowest BCUT2D eigenvalue weighted by Gasteiger charge is -2.47. The van der Waals surface area contributed by atoms with Crippen molar-refractivity contribution in [2.24, 2.45) is 5.92 Å². The summed E-state index contributed by atoms with van der Waals surface area (Å²) >= 11 is 1.32. The van der Waals surface area contributed by atoms with Crippen molar-refractivity contribution in [3.8, 4) is 11.3 Å². The van der Waals surface area contributed by atoms with E-state index in [4.69, 9.17) is 0 Å². The van der Waals surface area contributed by atoms with Gasteiger partial charge < -0.3 is 15.3 Å². The van der Waals surface area contributed by atoms with Crippen molar-refractivity contribution in [1.29, 1.82) is 0 Å². The van der Waals surface area contributed by atoms with Gasteiger partial charge in [-0.25, -0.2) is 4.79 Å². The first-order chi connectivity index (χ1) is 12.1. The lowest BCUT2D eigenvalue weighted by Crippen LogP contribution is -2.55. The van der Waals surface area contributed by atoms with E-state index in [1.807, 2.05) is 34.5 Å². The molecule has 1 saturated carbocycles. The number of aromatic nitrogens is 2. The van der Waals surface area contributed by atoms with Crippen molar-refractivity contribution >= 4 is 23.3 Å². The number of benzene rings is 1. The highest BCUT2D eigenvalue weighted by Gasteiger charge is 2.43. The fraction of sp³-hybridized carbons (Fsp3) is 0.500. The first-order valence-electron chi connectivity index (χ1n) is 8.80. The van der Waals surface area contributed by atoms with Crippen LogP contribution >= 0.6 is 11.5 Å². The number of urea groups is 1. The number of anilines is 1. The number of nitrogens with zero attached hydrogens (tertiary/aromatic N) is 3. The molecule has 2 aliphatic rings. The predicted octanol–water partition coefficient (Wildman–Crippen LogP) is 3.36. The van der Waals surface area contributed by atoms with E-state index in [0.717, 1.165) is 42.6 Å². The average molecular weight is 358 g/mol. The number of amides is 2. The van der Waals surface area contributed by atoms with Crippen LogP contribution in [-0.2, 0) is 0 Å². The van der Waals surface area contributed by atoms with Gasteiger partial charge in [-0.15, -0.1) is 5.10 Å². The van der Waals surface area contributed by atoms with Crippen LogP contribution in [-0.4, -0.2) is 44.3 Å². The number of hydrogen-bond donors (Lipinski definition) is 2. The molecule has 1 aliphatic carbocycles. The molecule has 132 valence electrons.